The van der Waals surface area contributed by atoms with Crippen LogP contribution in [0.4, 0.5) is 11.4 Å². The number of carbonyl (C=O) groups excluding carboxylic acids is 2. The number of hydrogen-bond acceptors (Lipinski definition) is 3. The first-order valence-electron chi connectivity index (χ1n) is 6.28. The Morgan fingerprint density at radius 2 is 2.05 bits per heavy atom. The van der Waals surface area contributed by atoms with Gasteiger partial charge in [-0.1, -0.05) is 0 Å². The summed E-state index contributed by atoms with van der Waals surface area (Å²) in [5.41, 5.74) is 1.71. The van der Waals surface area contributed by atoms with Crippen molar-refractivity contribution in [2.45, 2.75) is 13.3 Å². The minimum Gasteiger partial charge on any atom is -0.316 e. The number of amides is 2. The summed E-state index contributed by atoms with van der Waals surface area (Å²) < 4.78 is 0. The van der Waals surface area contributed by atoms with E-state index in [4.69, 9.17) is 0 Å². The highest BCUT2D eigenvalue weighted by atomic mass is 32.1. The Bertz CT molecular complexity index is 487. The van der Waals surface area contributed by atoms with Crippen molar-refractivity contribution in [2.75, 3.05) is 29.1 Å². The molecule has 0 saturated carbocycles. The lowest BCUT2D eigenvalue weighted by molar-refractivity contribution is -0.117. The van der Waals surface area contributed by atoms with Gasteiger partial charge in [0, 0.05) is 38.3 Å². The van der Waals surface area contributed by atoms with Crippen LogP contribution in [0, 0.1) is 5.92 Å². The molecule has 1 heterocycles. The van der Waals surface area contributed by atoms with Crippen molar-refractivity contribution in [1.29, 1.82) is 0 Å². The van der Waals surface area contributed by atoms with Crippen molar-refractivity contribution in [3.05, 3.63) is 24.3 Å². The van der Waals surface area contributed by atoms with Gasteiger partial charge in [-0.2, -0.15) is 12.6 Å². The van der Waals surface area contributed by atoms with Crippen LogP contribution in [0.5, 0.6) is 0 Å². The van der Waals surface area contributed by atoms with Gasteiger partial charge in [0.25, 0.3) is 0 Å². The van der Waals surface area contributed by atoms with Crippen molar-refractivity contribution in [3.63, 3.8) is 0 Å². The number of rotatable bonds is 3. The summed E-state index contributed by atoms with van der Waals surface area (Å²) >= 11 is 4.25. The third kappa shape index (κ3) is 2.92. The van der Waals surface area contributed by atoms with Gasteiger partial charge in [-0.25, -0.2) is 0 Å². The van der Waals surface area contributed by atoms with E-state index in [0.717, 1.165) is 23.7 Å². The fourth-order valence-electron chi connectivity index (χ4n) is 2.19. The molecule has 0 aromatic heterocycles. The topological polar surface area (TPSA) is 40.6 Å². The van der Waals surface area contributed by atoms with Crippen LogP contribution in [-0.4, -0.2) is 31.2 Å². The summed E-state index contributed by atoms with van der Waals surface area (Å²) in [6.07, 6.45) is 0.568. The molecule has 0 bridgehead atoms. The molecule has 2 amide bonds. The molecule has 19 heavy (non-hydrogen) atoms. The summed E-state index contributed by atoms with van der Waals surface area (Å²) in [4.78, 5) is 26.5. The molecule has 1 fully saturated rings. The number of nitrogens with zero attached hydrogens (tertiary/aromatic N) is 2. The fourth-order valence-corrected chi connectivity index (χ4v) is 2.44. The third-order valence-corrected chi connectivity index (χ3v) is 4.00. The van der Waals surface area contributed by atoms with E-state index >= 15 is 0 Å². The Kier molecular flexibility index (Phi) is 4.14. The number of carbonyl (C=O) groups is 2. The van der Waals surface area contributed by atoms with Crippen molar-refractivity contribution in [1.82, 2.24) is 0 Å². The summed E-state index contributed by atoms with van der Waals surface area (Å²) in [6, 6.07) is 7.48. The molecular formula is C14H18N2O2S. The van der Waals surface area contributed by atoms with Gasteiger partial charge in [-0.3, -0.25) is 9.59 Å². The van der Waals surface area contributed by atoms with Gasteiger partial charge in [-0.15, -0.1) is 0 Å². The van der Waals surface area contributed by atoms with Crippen LogP contribution in [0.25, 0.3) is 0 Å². The Balaban J connectivity index is 2.15. The van der Waals surface area contributed by atoms with E-state index in [1.807, 2.05) is 24.3 Å². The van der Waals surface area contributed by atoms with Crippen LogP contribution < -0.4 is 9.80 Å². The molecule has 102 valence electrons. The minimum absolute atomic E-state index is 0.0138. The molecule has 1 aliphatic heterocycles. The van der Waals surface area contributed by atoms with Gasteiger partial charge in [0.1, 0.15) is 0 Å². The summed E-state index contributed by atoms with van der Waals surface area (Å²) in [6.45, 7) is 2.25. The van der Waals surface area contributed by atoms with Gasteiger partial charge in [0.05, 0.1) is 0 Å². The van der Waals surface area contributed by atoms with Crippen molar-refractivity contribution >= 4 is 35.8 Å². The van der Waals surface area contributed by atoms with Crippen LogP contribution in [0.3, 0.4) is 0 Å². The lowest BCUT2D eigenvalue weighted by Gasteiger charge is -2.19. The predicted octanol–water partition coefficient (Wildman–Crippen LogP) is 1.95. The van der Waals surface area contributed by atoms with Crippen LogP contribution in [0.1, 0.15) is 13.3 Å². The van der Waals surface area contributed by atoms with Gasteiger partial charge < -0.3 is 9.80 Å². The van der Waals surface area contributed by atoms with E-state index in [-0.39, 0.29) is 11.8 Å². The minimum atomic E-state index is -0.0138. The van der Waals surface area contributed by atoms with Gasteiger partial charge in [0.15, 0.2) is 0 Å². The second kappa shape index (κ2) is 5.65. The van der Waals surface area contributed by atoms with Crippen LogP contribution in [0.15, 0.2) is 24.3 Å². The molecule has 1 aliphatic rings. The van der Waals surface area contributed by atoms with E-state index < -0.39 is 0 Å². The van der Waals surface area contributed by atoms with E-state index in [0.29, 0.717) is 12.3 Å². The monoisotopic (exact) mass is 278 g/mol. The first kappa shape index (κ1) is 13.9. The molecule has 0 spiro atoms. The third-order valence-electron chi connectivity index (χ3n) is 3.48. The number of hydrogen-bond donors (Lipinski definition) is 1. The first-order chi connectivity index (χ1) is 9.02. The van der Waals surface area contributed by atoms with Crippen molar-refractivity contribution in [2.24, 2.45) is 5.92 Å². The largest absolute Gasteiger partial charge is 0.316 e. The van der Waals surface area contributed by atoms with Gasteiger partial charge in [0.2, 0.25) is 11.8 Å². The average Bonchev–Trinajstić information content (AvgIpc) is 2.79. The summed E-state index contributed by atoms with van der Waals surface area (Å²) in [5, 5.41) is 0. The zero-order valence-electron chi connectivity index (χ0n) is 11.2. The smallest absolute Gasteiger partial charge is 0.227 e. The molecular weight excluding hydrogens is 260 g/mol. The quantitative estimate of drug-likeness (QED) is 0.859. The van der Waals surface area contributed by atoms with E-state index in [9.17, 15) is 9.59 Å². The lowest BCUT2D eigenvalue weighted by atomic mass is 10.1. The van der Waals surface area contributed by atoms with Gasteiger partial charge in [-0.05, 0) is 35.9 Å². The standard InChI is InChI=1S/C14H18N2O2S/c1-10(17)15(2)12-3-5-13(6-4-12)16-8-11(9-19)7-14(16)18/h3-6,11,19H,7-9H2,1-2H3. The van der Waals surface area contributed by atoms with Crippen molar-refractivity contribution in [3.8, 4) is 0 Å². The number of benzene rings is 1. The molecule has 1 aromatic carbocycles. The maximum absolute atomic E-state index is 11.9. The predicted molar refractivity (Wildman–Crippen MR) is 79.8 cm³/mol. The molecule has 1 saturated heterocycles. The summed E-state index contributed by atoms with van der Waals surface area (Å²) in [7, 11) is 1.73. The summed E-state index contributed by atoms with van der Waals surface area (Å²) in [5.74, 6) is 1.19. The maximum atomic E-state index is 11.9. The Labute approximate surface area is 118 Å². The highest BCUT2D eigenvalue weighted by Crippen LogP contribution is 2.27. The zero-order valence-corrected chi connectivity index (χ0v) is 12.1. The first-order valence-corrected chi connectivity index (χ1v) is 6.91. The second-order valence-electron chi connectivity index (χ2n) is 4.85. The number of thiol groups is 1. The molecule has 0 N–H and O–H groups in total. The lowest BCUT2D eigenvalue weighted by Crippen LogP contribution is -2.25. The zero-order chi connectivity index (χ0) is 14.0. The average molecular weight is 278 g/mol. The normalized spacial score (nSPS) is 18.8. The molecule has 1 atom stereocenters. The molecule has 0 radical (unpaired) electrons. The molecule has 5 heteroatoms. The highest BCUT2D eigenvalue weighted by Gasteiger charge is 2.29. The fraction of sp³-hybridized carbons (Fsp3) is 0.429. The van der Waals surface area contributed by atoms with E-state index in [1.165, 1.54) is 6.92 Å². The van der Waals surface area contributed by atoms with E-state index in [1.54, 1.807) is 16.8 Å². The number of anilines is 2. The molecule has 0 aliphatic carbocycles. The Morgan fingerprint density at radius 1 is 1.42 bits per heavy atom. The van der Waals surface area contributed by atoms with Gasteiger partial charge >= 0.3 is 0 Å². The Hall–Kier alpha value is -1.49. The molecule has 2 rings (SSSR count). The Morgan fingerprint density at radius 3 is 2.53 bits per heavy atom. The van der Waals surface area contributed by atoms with Crippen molar-refractivity contribution < 1.29 is 9.59 Å². The van der Waals surface area contributed by atoms with E-state index in [2.05, 4.69) is 12.6 Å². The molecule has 1 aromatic rings. The second-order valence-corrected chi connectivity index (χ2v) is 5.22. The van der Waals surface area contributed by atoms with Crippen LogP contribution >= 0.6 is 12.6 Å². The highest BCUT2D eigenvalue weighted by molar-refractivity contribution is 7.80. The molecule has 4 nitrogen and oxygen atoms in total. The SMILES string of the molecule is CC(=O)N(C)c1ccc(N2CC(CS)CC2=O)cc1. The van der Waals surface area contributed by atoms with Crippen LogP contribution in [-0.2, 0) is 9.59 Å². The maximum Gasteiger partial charge on any atom is 0.227 e. The van der Waals surface area contributed by atoms with Crippen LogP contribution in [0.2, 0.25) is 0 Å². The molecule has 1 unspecified atom stereocenters.